The summed E-state index contributed by atoms with van der Waals surface area (Å²) in [5, 5.41) is 8.11. The molecule has 140 valence electrons. The molecule has 0 radical (unpaired) electrons. The molecule has 1 amide bonds. The number of rotatable bonds is 4. The standard InChI is InChI=1S/C20H24N6O/c1-13(2)26-19-15(11-22-26)10-17(14(3)23-19)20(27)24-18-7-6-16(12-21-18)25-8-4-5-9-25/h6-7,10-13H,4-5,8-9H2,1-3H3,(H,21,24,27). The molecule has 1 N–H and O–H groups in total. The van der Waals surface area contributed by atoms with Gasteiger partial charge in [0.2, 0.25) is 0 Å². The van der Waals surface area contributed by atoms with Crippen molar-refractivity contribution in [2.24, 2.45) is 0 Å². The van der Waals surface area contributed by atoms with Gasteiger partial charge in [-0.1, -0.05) is 0 Å². The average molecular weight is 364 g/mol. The monoisotopic (exact) mass is 364 g/mol. The quantitative estimate of drug-likeness (QED) is 0.766. The van der Waals surface area contributed by atoms with Gasteiger partial charge < -0.3 is 10.2 Å². The molecule has 0 atom stereocenters. The summed E-state index contributed by atoms with van der Waals surface area (Å²) in [5.74, 6) is 0.334. The second kappa shape index (κ2) is 6.98. The first-order valence-corrected chi connectivity index (χ1v) is 9.40. The molecular formula is C20H24N6O. The van der Waals surface area contributed by atoms with Gasteiger partial charge in [-0.2, -0.15) is 5.10 Å². The first kappa shape index (κ1) is 17.5. The number of nitrogens with zero attached hydrogens (tertiary/aromatic N) is 5. The Kier molecular flexibility index (Phi) is 4.51. The number of hydrogen-bond acceptors (Lipinski definition) is 5. The maximum Gasteiger partial charge on any atom is 0.258 e. The number of anilines is 2. The van der Waals surface area contributed by atoms with Gasteiger partial charge in [0.1, 0.15) is 5.82 Å². The van der Waals surface area contributed by atoms with E-state index >= 15 is 0 Å². The Morgan fingerprint density at radius 3 is 2.63 bits per heavy atom. The van der Waals surface area contributed by atoms with E-state index in [0.717, 1.165) is 29.8 Å². The molecule has 0 aromatic carbocycles. The highest BCUT2D eigenvalue weighted by molar-refractivity contribution is 6.06. The number of carbonyl (C=O) groups is 1. The van der Waals surface area contributed by atoms with E-state index in [9.17, 15) is 4.79 Å². The normalized spacial score (nSPS) is 14.3. The summed E-state index contributed by atoms with van der Waals surface area (Å²) in [6, 6.07) is 5.92. The Hall–Kier alpha value is -2.96. The zero-order valence-electron chi connectivity index (χ0n) is 15.9. The zero-order chi connectivity index (χ0) is 19.0. The first-order chi connectivity index (χ1) is 13.0. The third kappa shape index (κ3) is 3.37. The van der Waals surface area contributed by atoms with Crippen molar-refractivity contribution >= 4 is 28.4 Å². The fraction of sp³-hybridized carbons (Fsp3) is 0.400. The zero-order valence-corrected chi connectivity index (χ0v) is 15.9. The van der Waals surface area contributed by atoms with Crippen molar-refractivity contribution in [1.29, 1.82) is 0 Å². The molecule has 0 aliphatic carbocycles. The highest BCUT2D eigenvalue weighted by atomic mass is 16.1. The minimum absolute atomic E-state index is 0.208. The minimum Gasteiger partial charge on any atom is -0.370 e. The molecule has 1 aliphatic heterocycles. The van der Waals surface area contributed by atoms with Crippen LogP contribution in [-0.2, 0) is 0 Å². The van der Waals surface area contributed by atoms with Gasteiger partial charge in [0.05, 0.1) is 29.3 Å². The average Bonchev–Trinajstić information content (AvgIpc) is 3.31. The molecule has 3 aromatic heterocycles. The maximum atomic E-state index is 12.7. The molecule has 3 aromatic rings. The molecule has 7 heteroatoms. The third-order valence-corrected chi connectivity index (χ3v) is 4.95. The number of aromatic nitrogens is 4. The number of nitrogens with one attached hydrogen (secondary N) is 1. The van der Waals surface area contributed by atoms with Gasteiger partial charge in [-0.25, -0.2) is 14.6 Å². The first-order valence-electron chi connectivity index (χ1n) is 9.40. The van der Waals surface area contributed by atoms with Crippen LogP contribution in [0.1, 0.15) is 48.8 Å². The molecule has 0 saturated carbocycles. The Morgan fingerprint density at radius 1 is 1.19 bits per heavy atom. The molecule has 4 rings (SSSR count). The lowest BCUT2D eigenvalue weighted by Crippen LogP contribution is -2.18. The summed E-state index contributed by atoms with van der Waals surface area (Å²) < 4.78 is 1.86. The van der Waals surface area contributed by atoms with Gasteiger partial charge in [0.15, 0.2) is 5.65 Å². The number of hydrogen-bond donors (Lipinski definition) is 1. The highest BCUT2D eigenvalue weighted by Crippen LogP contribution is 2.22. The predicted octanol–water partition coefficient (Wildman–Crippen LogP) is 3.57. The summed E-state index contributed by atoms with van der Waals surface area (Å²) in [6.07, 6.45) is 6.02. The van der Waals surface area contributed by atoms with Gasteiger partial charge in [0, 0.05) is 24.5 Å². The Morgan fingerprint density at radius 2 is 1.96 bits per heavy atom. The number of fused-ring (bicyclic) bond motifs is 1. The summed E-state index contributed by atoms with van der Waals surface area (Å²) in [6.45, 7) is 8.10. The number of carbonyl (C=O) groups excluding carboxylic acids is 1. The fourth-order valence-electron chi connectivity index (χ4n) is 3.48. The van der Waals surface area contributed by atoms with Crippen LogP contribution >= 0.6 is 0 Å². The molecular weight excluding hydrogens is 340 g/mol. The SMILES string of the molecule is Cc1nc2c(cnn2C(C)C)cc1C(=O)Nc1ccc(N2CCCC2)cn1. The lowest BCUT2D eigenvalue weighted by atomic mass is 10.1. The summed E-state index contributed by atoms with van der Waals surface area (Å²) in [4.78, 5) is 24.0. The molecule has 27 heavy (non-hydrogen) atoms. The number of aryl methyl sites for hydroxylation is 1. The number of amides is 1. The van der Waals surface area contributed by atoms with Crippen molar-refractivity contribution in [2.75, 3.05) is 23.3 Å². The number of pyridine rings is 2. The van der Waals surface area contributed by atoms with Crippen LogP contribution in [0.25, 0.3) is 11.0 Å². The van der Waals surface area contributed by atoms with Gasteiger partial charge in [0.25, 0.3) is 5.91 Å². The van der Waals surface area contributed by atoms with Gasteiger partial charge >= 0.3 is 0 Å². The molecule has 0 bridgehead atoms. The second-order valence-electron chi connectivity index (χ2n) is 7.27. The molecule has 4 heterocycles. The van der Waals surface area contributed by atoms with Crippen molar-refractivity contribution in [3.63, 3.8) is 0 Å². The van der Waals surface area contributed by atoms with Gasteiger partial charge in [-0.05, 0) is 51.8 Å². The Labute approximate surface area is 158 Å². The van der Waals surface area contributed by atoms with E-state index in [1.54, 1.807) is 6.20 Å². The van der Waals surface area contributed by atoms with Crippen LogP contribution in [0.5, 0.6) is 0 Å². The molecule has 0 unspecified atom stereocenters. The Balaban J connectivity index is 1.55. The fourth-order valence-corrected chi connectivity index (χ4v) is 3.48. The third-order valence-electron chi connectivity index (χ3n) is 4.95. The van der Waals surface area contributed by atoms with Crippen LogP contribution in [0.4, 0.5) is 11.5 Å². The van der Waals surface area contributed by atoms with Crippen LogP contribution in [0, 0.1) is 6.92 Å². The van der Waals surface area contributed by atoms with E-state index < -0.39 is 0 Å². The van der Waals surface area contributed by atoms with E-state index in [1.165, 1.54) is 12.8 Å². The van der Waals surface area contributed by atoms with Crippen molar-refractivity contribution in [3.8, 4) is 0 Å². The lowest BCUT2D eigenvalue weighted by Gasteiger charge is -2.17. The Bertz CT molecular complexity index is 970. The van der Waals surface area contributed by atoms with Crippen LogP contribution in [0.3, 0.4) is 0 Å². The second-order valence-corrected chi connectivity index (χ2v) is 7.27. The van der Waals surface area contributed by atoms with Crippen molar-refractivity contribution in [3.05, 3.63) is 41.9 Å². The van der Waals surface area contributed by atoms with Gasteiger partial charge in [-0.15, -0.1) is 0 Å². The van der Waals surface area contributed by atoms with E-state index in [2.05, 4.69) is 39.1 Å². The summed E-state index contributed by atoms with van der Waals surface area (Å²) in [5.41, 5.74) is 3.12. The maximum absolute atomic E-state index is 12.7. The lowest BCUT2D eigenvalue weighted by molar-refractivity contribution is 0.102. The van der Waals surface area contributed by atoms with Crippen LogP contribution in [0.2, 0.25) is 0 Å². The van der Waals surface area contributed by atoms with Crippen LogP contribution in [0.15, 0.2) is 30.6 Å². The molecule has 1 fully saturated rings. The van der Waals surface area contributed by atoms with E-state index in [4.69, 9.17) is 0 Å². The molecule has 1 aliphatic rings. The summed E-state index contributed by atoms with van der Waals surface area (Å²) in [7, 11) is 0. The molecule has 1 saturated heterocycles. The van der Waals surface area contributed by atoms with Crippen molar-refractivity contribution in [2.45, 2.75) is 39.7 Å². The van der Waals surface area contributed by atoms with E-state index in [1.807, 2.05) is 36.0 Å². The largest absolute Gasteiger partial charge is 0.370 e. The summed E-state index contributed by atoms with van der Waals surface area (Å²) >= 11 is 0. The topological polar surface area (TPSA) is 75.9 Å². The predicted molar refractivity (Wildman–Crippen MR) is 106 cm³/mol. The van der Waals surface area contributed by atoms with Crippen LogP contribution in [-0.4, -0.2) is 38.7 Å². The van der Waals surface area contributed by atoms with Gasteiger partial charge in [-0.3, -0.25) is 4.79 Å². The van der Waals surface area contributed by atoms with E-state index in [-0.39, 0.29) is 11.9 Å². The highest BCUT2D eigenvalue weighted by Gasteiger charge is 2.17. The minimum atomic E-state index is -0.208. The smallest absolute Gasteiger partial charge is 0.258 e. The van der Waals surface area contributed by atoms with Crippen molar-refractivity contribution in [1.82, 2.24) is 19.7 Å². The van der Waals surface area contributed by atoms with Crippen LogP contribution < -0.4 is 10.2 Å². The molecule has 7 nitrogen and oxygen atoms in total. The van der Waals surface area contributed by atoms with E-state index in [0.29, 0.717) is 17.1 Å². The van der Waals surface area contributed by atoms with Crippen molar-refractivity contribution < 1.29 is 4.79 Å². The molecule has 0 spiro atoms.